The van der Waals surface area contributed by atoms with Crippen molar-refractivity contribution in [1.82, 2.24) is 9.80 Å². The number of aromatic hydroxyl groups is 1. The highest BCUT2D eigenvalue weighted by molar-refractivity contribution is 6.39. The summed E-state index contributed by atoms with van der Waals surface area (Å²) in [5.41, 5.74) is 3.51. The topological polar surface area (TPSA) is 72.9 Å². The number of benzene rings is 3. The average molecular weight is 430 g/mol. The van der Waals surface area contributed by atoms with Gasteiger partial charge in [-0.2, -0.15) is 0 Å². The van der Waals surface area contributed by atoms with Gasteiger partial charge in [-0.05, 0) is 35.7 Å². The van der Waals surface area contributed by atoms with E-state index >= 15 is 0 Å². The summed E-state index contributed by atoms with van der Waals surface area (Å²) >= 11 is 0. The second-order valence-corrected chi connectivity index (χ2v) is 8.03. The van der Waals surface area contributed by atoms with Crippen LogP contribution >= 0.6 is 0 Å². The SMILES string of the molecule is Cc1ccc(NC(=O)C(=O)N2CCN(C(c3ccccc3)c3ccccc3)CC2)c(O)c1. The molecule has 1 heterocycles. The lowest BCUT2D eigenvalue weighted by molar-refractivity contribution is -0.144. The maximum absolute atomic E-state index is 12.7. The van der Waals surface area contributed by atoms with Crippen LogP contribution in [0.25, 0.3) is 0 Å². The van der Waals surface area contributed by atoms with Gasteiger partial charge < -0.3 is 15.3 Å². The van der Waals surface area contributed by atoms with Crippen molar-refractivity contribution >= 4 is 17.5 Å². The molecule has 6 heteroatoms. The number of rotatable bonds is 4. The Labute approximate surface area is 188 Å². The van der Waals surface area contributed by atoms with Gasteiger partial charge in [0.2, 0.25) is 0 Å². The smallest absolute Gasteiger partial charge is 0.314 e. The molecule has 1 aliphatic heterocycles. The normalized spacial score (nSPS) is 14.4. The first kappa shape index (κ1) is 21.6. The first-order chi connectivity index (χ1) is 15.5. The lowest BCUT2D eigenvalue weighted by Crippen LogP contribution is -2.52. The zero-order valence-corrected chi connectivity index (χ0v) is 18.1. The molecule has 3 aromatic rings. The Balaban J connectivity index is 1.43. The maximum Gasteiger partial charge on any atom is 0.314 e. The highest BCUT2D eigenvalue weighted by atomic mass is 16.3. The van der Waals surface area contributed by atoms with Crippen molar-refractivity contribution in [3.05, 3.63) is 95.6 Å². The van der Waals surface area contributed by atoms with Gasteiger partial charge in [-0.1, -0.05) is 66.7 Å². The highest BCUT2D eigenvalue weighted by Crippen LogP contribution is 2.29. The van der Waals surface area contributed by atoms with Gasteiger partial charge >= 0.3 is 11.8 Å². The third-order valence-electron chi connectivity index (χ3n) is 5.79. The fraction of sp³-hybridized carbons (Fsp3) is 0.231. The predicted octanol–water partition coefficient (Wildman–Crippen LogP) is 3.57. The van der Waals surface area contributed by atoms with Gasteiger partial charge in [0, 0.05) is 26.2 Å². The number of aryl methyl sites for hydroxylation is 1. The monoisotopic (exact) mass is 429 g/mol. The number of phenolic OH excluding ortho intramolecular Hbond substituents is 1. The van der Waals surface area contributed by atoms with E-state index in [0.717, 1.165) is 5.56 Å². The Morgan fingerprint density at radius 2 is 1.41 bits per heavy atom. The molecule has 0 unspecified atom stereocenters. The molecule has 3 aromatic carbocycles. The highest BCUT2D eigenvalue weighted by Gasteiger charge is 2.30. The number of amides is 2. The molecule has 6 nitrogen and oxygen atoms in total. The molecular weight excluding hydrogens is 402 g/mol. The predicted molar refractivity (Wildman–Crippen MR) is 124 cm³/mol. The second kappa shape index (κ2) is 9.66. The Morgan fingerprint density at radius 3 is 1.94 bits per heavy atom. The third-order valence-corrected chi connectivity index (χ3v) is 5.79. The molecule has 0 saturated carbocycles. The number of phenols is 1. The lowest BCUT2D eigenvalue weighted by atomic mass is 9.96. The van der Waals surface area contributed by atoms with Crippen LogP contribution in [0.1, 0.15) is 22.7 Å². The van der Waals surface area contributed by atoms with Gasteiger partial charge in [-0.25, -0.2) is 0 Å². The average Bonchev–Trinajstić information content (AvgIpc) is 2.82. The van der Waals surface area contributed by atoms with E-state index in [1.54, 1.807) is 23.1 Å². The lowest BCUT2D eigenvalue weighted by Gasteiger charge is -2.39. The van der Waals surface area contributed by atoms with Crippen LogP contribution in [0.5, 0.6) is 5.75 Å². The van der Waals surface area contributed by atoms with Crippen LogP contribution in [0.4, 0.5) is 5.69 Å². The van der Waals surface area contributed by atoms with Crippen molar-refractivity contribution < 1.29 is 14.7 Å². The first-order valence-corrected chi connectivity index (χ1v) is 10.8. The molecule has 1 saturated heterocycles. The fourth-order valence-corrected chi connectivity index (χ4v) is 4.13. The Kier molecular flexibility index (Phi) is 6.52. The van der Waals surface area contributed by atoms with Crippen LogP contribution in [0.2, 0.25) is 0 Å². The zero-order chi connectivity index (χ0) is 22.5. The van der Waals surface area contributed by atoms with Crippen LogP contribution < -0.4 is 5.32 Å². The van der Waals surface area contributed by atoms with Crippen molar-refractivity contribution in [2.75, 3.05) is 31.5 Å². The summed E-state index contributed by atoms with van der Waals surface area (Å²) in [4.78, 5) is 29.1. The van der Waals surface area contributed by atoms with E-state index in [2.05, 4.69) is 34.5 Å². The molecule has 4 rings (SSSR count). The second-order valence-electron chi connectivity index (χ2n) is 8.03. The Hall–Kier alpha value is -3.64. The minimum Gasteiger partial charge on any atom is -0.506 e. The third kappa shape index (κ3) is 4.81. The number of carbonyl (C=O) groups excluding carboxylic acids is 2. The molecule has 2 N–H and O–H groups in total. The van der Waals surface area contributed by atoms with Gasteiger partial charge in [0.25, 0.3) is 0 Å². The van der Waals surface area contributed by atoms with Crippen molar-refractivity contribution in [2.45, 2.75) is 13.0 Å². The van der Waals surface area contributed by atoms with E-state index in [9.17, 15) is 14.7 Å². The van der Waals surface area contributed by atoms with Gasteiger partial charge in [0.05, 0.1) is 11.7 Å². The zero-order valence-electron chi connectivity index (χ0n) is 18.1. The molecular formula is C26H27N3O3. The summed E-state index contributed by atoms with van der Waals surface area (Å²) in [5, 5.41) is 12.5. The van der Waals surface area contributed by atoms with E-state index in [4.69, 9.17) is 0 Å². The molecule has 0 radical (unpaired) electrons. The number of nitrogens with zero attached hydrogens (tertiary/aromatic N) is 2. The van der Waals surface area contributed by atoms with Crippen LogP contribution in [0.3, 0.4) is 0 Å². The minimum absolute atomic E-state index is 0.0514. The first-order valence-electron chi connectivity index (χ1n) is 10.8. The summed E-state index contributed by atoms with van der Waals surface area (Å²) in [6.07, 6.45) is 0. The fourth-order valence-electron chi connectivity index (χ4n) is 4.13. The largest absolute Gasteiger partial charge is 0.506 e. The van der Waals surface area contributed by atoms with E-state index < -0.39 is 11.8 Å². The molecule has 0 aliphatic carbocycles. The molecule has 0 spiro atoms. The quantitative estimate of drug-likeness (QED) is 0.491. The van der Waals surface area contributed by atoms with Crippen LogP contribution in [-0.4, -0.2) is 52.9 Å². The summed E-state index contributed by atoms with van der Waals surface area (Å²) in [7, 11) is 0. The van der Waals surface area contributed by atoms with Gasteiger partial charge in [-0.3, -0.25) is 14.5 Å². The van der Waals surface area contributed by atoms with Crippen LogP contribution in [0.15, 0.2) is 78.9 Å². The molecule has 0 atom stereocenters. The summed E-state index contributed by atoms with van der Waals surface area (Å²) in [5.74, 6) is -1.37. The molecule has 1 aliphatic rings. The van der Waals surface area contributed by atoms with Gasteiger partial charge in [-0.15, -0.1) is 0 Å². The van der Waals surface area contributed by atoms with E-state index in [1.165, 1.54) is 11.1 Å². The van der Waals surface area contributed by atoms with Crippen LogP contribution in [0, 0.1) is 6.92 Å². The molecule has 0 bridgehead atoms. The van der Waals surface area contributed by atoms with Crippen molar-refractivity contribution in [3.8, 4) is 5.75 Å². The van der Waals surface area contributed by atoms with Crippen molar-refractivity contribution in [1.29, 1.82) is 0 Å². The number of hydrogen-bond donors (Lipinski definition) is 2. The number of hydrogen-bond acceptors (Lipinski definition) is 4. The molecule has 1 fully saturated rings. The van der Waals surface area contributed by atoms with Crippen LogP contribution in [-0.2, 0) is 9.59 Å². The molecule has 2 amide bonds. The van der Waals surface area contributed by atoms with Gasteiger partial charge in [0.15, 0.2) is 0 Å². The van der Waals surface area contributed by atoms with Crippen molar-refractivity contribution in [2.24, 2.45) is 0 Å². The number of piperazine rings is 1. The number of nitrogens with one attached hydrogen (secondary N) is 1. The van der Waals surface area contributed by atoms with E-state index in [1.807, 2.05) is 43.3 Å². The number of anilines is 1. The molecule has 164 valence electrons. The Bertz CT molecular complexity index is 1040. The summed E-state index contributed by atoms with van der Waals surface area (Å²) in [6, 6.07) is 25.7. The minimum atomic E-state index is -0.736. The molecule has 32 heavy (non-hydrogen) atoms. The van der Waals surface area contributed by atoms with Gasteiger partial charge in [0.1, 0.15) is 5.75 Å². The number of carbonyl (C=O) groups is 2. The summed E-state index contributed by atoms with van der Waals surface area (Å²) in [6.45, 7) is 4.07. The van der Waals surface area contributed by atoms with E-state index in [-0.39, 0.29) is 17.5 Å². The summed E-state index contributed by atoms with van der Waals surface area (Å²) < 4.78 is 0. The Morgan fingerprint density at radius 1 is 0.844 bits per heavy atom. The standard InChI is InChI=1S/C26H27N3O3/c1-19-12-13-22(23(30)18-19)27-25(31)26(32)29-16-14-28(15-17-29)24(20-8-4-2-5-9-20)21-10-6-3-7-11-21/h2-13,18,24,30H,14-17H2,1H3,(H,27,31). The maximum atomic E-state index is 12.7. The molecule has 0 aromatic heterocycles. The van der Waals surface area contributed by atoms with E-state index in [0.29, 0.717) is 26.2 Å². The van der Waals surface area contributed by atoms with Crippen molar-refractivity contribution in [3.63, 3.8) is 0 Å².